The number of aromatic nitrogens is 2. The second-order valence-electron chi connectivity index (χ2n) is 4.77. The van der Waals surface area contributed by atoms with Crippen LogP contribution in [0.25, 0.3) is 11.4 Å². The highest BCUT2D eigenvalue weighted by Crippen LogP contribution is 2.28. The van der Waals surface area contributed by atoms with Crippen LogP contribution in [0, 0.1) is 5.82 Å². The van der Waals surface area contributed by atoms with Crippen LogP contribution in [0.1, 0.15) is 16.2 Å². The molecule has 0 saturated carbocycles. The molecule has 2 aromatic carbocycles. The topological polar surface area (TPSA) is 102 Å². The van der Waals surface area contributed by atoms with Crippen molar-refractivity contribution in [3.63, 3.8) is 0 Å². The van der Waals surface area contributed by atoms with E-state index in [4.69, 9.17) is 38.6 Å². The molecule has 0 aliphatic rings. The summed E-state index contributed by atoms with van der Waals surface area (Å²) in [5.74, 6) is -1.07. The highest BCUT2D eigenvalue weighted by Gasteiger charge is 2.15. The van der Waals surface area contributed by atoms with E-state index in [1.807, 2.05) is 12.1 Å². The second-order valence-corrected chi connectivity index (χ2v) is 6.15. The van der Waals surface area contributed by atoms with Crippen molar-refractivity contribution in [2.24, 2.45) is 5.73 Å². The van der Waals surface area contributed by atoms with Crippen LogP contribution in [-0.2, 0) is 5.33 Å². The Balaban J connectivity index is 0.000000190. The van der Waals surface area contributed by atoms with E-state index >= 15 is 0 Å². The second kappa shape index (κ2) is 8.98. The summed E-state index contributed by atoms with van der Waals surface area (Å²) in [6.07, 6.45) is 0. The Labute approximate surface area is 165 Å². The number of alkyl halides is 1. The van der Waals surface area contributed by atoms with Crippen molar-refractivity contribution in [1.29, 1.82) is 0 Å². The van der Waals surface area contributed by atoms with E-state index in [2.05, 4.69) is 26.1 Å². The third-order valence-electron chi connectivity index (χ3n) is 3.00. The molecule has 1 amide bonds. The summed E-state index contributed by atoms with van der Waals surface area (Å²) in [7, 11) is 0. The van der Waals surface area contributed by atoms with E-state index in [-0.39, 0.29) is 10.8 Å². The Bertz CT molecular complexity index is 920. The van der Waals surface area contributed by atoms with E-state index in [0.717, 1.165) is 17.7 Å². The Morgan fingerprint density at radius 2 is 1.88 bits per heavy atom. The van der Waals surface area contributed by atoms with Crippen molar-refractivity contribution in [3.05, 3.63) is 63.7 Å². The number of nitrogens with two attached hydrogens (primary N) is 1. The summed E-state index contributed by atoms with van der Waals surface area (Å²) in [6.45, 7) is 0. The van der Waals surface area contributed by atoms with E-state index in [1.54, 1.807) is 12.1 Å². The molecule has 0 bridgehead atoms. The van der Waals surface area contributed by atoms with Gasteiger partial charge in [-0.15, -0.1) is 0 Å². The lowest BCUT2D eigenvalue weighted by Gasteiger charge is -2.02. The van der Waals surface area contributed by atoms with Crippen LogP contribution in [-0.4, -0.2) is 21.2 Å². The van der Waals surface area contributed by atoms with E-state index in [9.17, 15) is 9.18 Å². The molecule has 1 aromatic heterocycles. The molecule has 10 heteroatoms. The van der Waals surface area contributed by atoms with Gasteiger partial charge in [0.15, 0.2) is 0 Å². The number of amides is 1. The van der Waals surface area contributed by atoms with Gasteiger partial charge in [0.2, 0.25) is 11.7 Å². The minimum absolute atomic E-state index is 0.359. The molecule has 0 unspecified atom stereocenters. The third kappa shape index (κ3) is 4.94. The molecule has 0 radical (unpaired) electrons. The van der Waals surface area contributed by atoms with Gasteiger partial charge >= 0.3 is 0 Å². The fourth-order valence-electron chi connectivity index (χ4n) is 1.79. The smallest absolute Gasteiger partial charge is 0.253 e. The number of aromatic hydroxyl groups is 1. The van der Waals surface area contributed by atoms with Crippen molar-refractivity contribution in [3.8, 4) is 17.1 Å². The van der Waals surface area contributed by atoms with Crippen molar-refractivity contribution in [2.45, 2.75) is 5.33 Å². The molecule has 0 fully saturated rings. The van der Waals surface area contributed by atoms with Crippen molar-refractivity contribution >= 4 is 45.0 Å². The molecule has 0 spiro atoms. The number of nitrogens with zero attached hydrogens (tertiary/aromatic N) is 2. The fourth-order valence-corrected chi connectivity index (χ4v) is 2.39. The molecule has 1 heterocycles. The van der Waals surface area contributed by atoms with Crippen molar-refractivity contribution < 1.29 is 18.8 Å². The molecule has 136 valence electrons. The number of phenols is 1. The van der Waals surface area contributed by atoms with Crippen LogP contribution < -0.4 is 5.73 Å². The zero-order chi connectivity index (χ0) is 19.3. The zero-order valence-electron chi connectivity index (χ0n) is 12.9. The molecular weight excluding hydrogens is 452 g/mol. The third-order valence-corrected chi connectivity index (χ3v) is 4.12. The monoisotopic (exact) mass is 461 g/mol. The molecule has 26 heavy (non-hydrogen) atoms. The van der Waals surface area contributed by atoms with Gasteiger partial charge in [0.05, 0.1) is 15.9 Å². The van der Waals surface area contributed by atoms with E-state index in [1.165, 1.54) is 0 Å². The molecule has 0 aliphatic heterocycles. The van der Waals surface area contributed by atoms with Crippen molar-refractivity contribution in [2.75, 3.05) is 0 Å². The van der Waals surface area contributed by atoms with Gasteiger partial charge in [-0.25, -0.2) is 4.39 Å². The van der Waals surface area contributed by atoms with E-state index < -0.39 is 17.3 Å². The molecule has 0 atom stereocenters. The maximum atomic E-state index is 12.8. The number of hydrogen-bond acceptors (Lipinski definition) is 5. The molecule has 0 saturated heterocycles. The molecular formula is C16H11BrCl2FN3O3. The number of primary amides is 1. The van der Waals surface area contributed by atoms with Crippen molar-refractivity contribution in [1.82, 2.24) is 10.1 Å². The van der Waals surface area contributed by atoms with Gasteiger partial charge in [-0.3, -0.25) is 4.79 Å². The fraction of sp³-hybridized carbons (Fsp3) is 0.0625. The first-order valence-corrected chi connectivity index (χ1v) is 8.82. The predicted molar refractivity (Wildman–Crippen MR) is 99.0 cm³/mol. The minimum Gasteiger partial charge on any atom is -0.506 e. The van der Waals surface area contributed by atoms with Crippen LogP contribution in [0.2, 0.25) is 10.0 Å². The quantitative estimate of drug-likeness (QED) is 0.555. The first-order valence-electron chi connectivity index (χ1n) is 6.94. The summed E-state index contributed by atoms with van der Waals surface area (Å²) in [5.41, 5.74) is 5.21. The standard InChI is InChI=1S/C9H6BrClN2O.C7H5ClFNO2/c10-5-8-12-9(13-14-8)6-1-3-7(11)4-2-6;8-6-4(11)2-1-3(9)5(6)7(10)12/h1-4H,5H2;1-2,11H,(H2,10,12). The molecule has 6 nitrogen and oxygen atoms in total. The lowest BCUT2D eigenvalue weighted by Crippen LogP contribution is -2.13. The molecule has 0 aliphatic carbocycles. The normalized spacial score (nSPS) is 10.2. The summed E-state index contributed by atoms with van der Waals surface area (Å²) in [5, 5.41) is 13.7. The Kier molecular flexibility index (Phi) is 6.96. The number of carbonyl (C=O) groups excluding carboxylic acids is 1. The lowest BCUT2D eigenvalue weighted by atomic mass is 10.2. The molecule has 3 N–H and O–H groups in total. The lowest BCUT2D eigenvalue weighted by molar-refractivity contribution is 0.0996. The highest BCUT2D eigenvalue weighted by atomic mass is 79.9. The Morgan fingerprint density at radius 3 is 2.38 bits per heavy atom. The van der Waals surface area contributed by atoms with Gasteiger partial charge in [-0.05, 0) is 36.4 Å². The number of rotatable bonds is 3. The van der Waals surface area contributed by atoms with Crippen LogP contribution in [0.3, 0.4) is 0 Å². The van der Waals surface area contributed by atoms with Gasteiger partial charge in [0, 0.05) is 10.6 Å². The zero-order valence-corrected chi connectivity index (χ0v) is 16.0. The van der Waals surface area contributed by atoms with Gasteiger partial charge < -0.3 is 15.4 Å². The first kappa shape index (κ1) is 20.2. The number of benzene rings is 2. The van der Waals surface area contributed by atoms with Crippen LogP contribution in [0.15, 0.2) is 40.9 Å². The van der Waals surface area contributed by atoms with Gasteiger partial charge in [-0.1, -0.05) is 44.3 Å². The van der Waals surface area contributed by atoms with Gasteiger partial charge in [0.1, 0.15) is 11.6 Å². The van der Waals surface area contributed by atoms with Crippen LogP contribution in [0.4, 0.5) is 4.39 Å². The maximum absolute atomic E-state index is 12.8. The number of halogens is 4. The summed E-state index contributed by atoms with van der Waals surface area (Å²) in [6, 6.07) is 9.25. The predicted octanol–water partition coefficient (Wildman–Crippen LogP) is 4.57. The van der Waals surface area contributed by atoms with Crippen LogP contribution >= 0.6 is 39.1 Å². The van der Waals surface area contributed by atoms with Crippen LogP contribution in [0.5, 0.6) is 5.75 Å². The Morgan fingerprint density at radius 1 is 1.23 bits per heavy atom. The first-order chi connectivity index (χ1) is 12.3. The average molecular weight is 463 g/mol. The molecule has 3 rings (SSSR count). The summed E-state index contributed by atoms with van der Waals surface area (Å²) >= 11 is 14.4. The average Bonchev–Trinajstić information content (AvgIpc) is 3.09. The maximum Gasteiger partial charge on any atom is 0.253 e. The number of phenolic OH excluding ortho intramolecular Hbond substituents is 1. The van der Waals surface area contributed by atoms with E-state index in [0.29, 0.717) is 22.1 Å². The number of hydrogen-bond donors (Lipinski definition) is 2. The molecule has 3 aromatic rings. The highest BCUT2D eigenvalue weighted by molar-refractivity contribution is 9.08. The summed E-state index contributed by atoms with van der Waals surface area (Å²) in [4.78, 5) is 14.7. The largest absolute Gasteiger partial charge is 0.506 e. The summed E-state index contributed by atoms with van der Waals surface area (Å²) < 4.78 is 17.7. The SMILES string of the molecule is Clc1ccc(-c2noc(CBr)n2)cc1.NC(=O)c1c(F)ccc(O)c1Cl. The van der Waals surface area contributed by atoms with Gasteiger partial charge in [0.25, 0.3) is 5.91 Å². The van der Waals surface area contributed by atoms with Gasteiger partial charge in [-0.2, -0.15) is 4.98 Å². The number of carbonyl (C=O) groups is 1. The Hall–Kier alpha value is -2.16. The minimum atomic E-state index is -1.01.